The van der Waals surface area contributed by atoms with Crippen molar-refractivity contribution in [2.45, 2.75) is 0 Å². The van der Waals surface area contributed by atoms with Crippen LogP contribution in [0.3, 0.4) is 0 Å². The van der Waals surface area contributed by atoms with Gasteiger partial charge in [-0.3, -0.25) is 5.41 Å². The van der Waals surface area contributed by atoms with Gasteiger partial charge in [-0.25, -0.2) is 4.99 Å². The smallest absolute Gasteiger partial charge is 0.154 e. The van der Waals surface area contributed by atoms with Gasteiger partial charge in [0, 0.05) is 27.5 Å². The van der Waals surface area contributed by atoms with E-state index >= 15 is 0 Å². The minimum absolute atomic E-state index is 0.113. The molecule has 6 rings (SSSR count). The Morgan fingerprint density at radius 1 is 0.639 bits per heavy atom. The van der Waals surface area contributed by atoms with Crippen LogP contribution in [0, 0.1) is 5.41 Å². The van der Waals surface area contributed by atoms with Crippen LogP contribution < -0.4 is 5.73 Å². The lowest BCUT2D eigenvalue weighted by Crippen LogP contribution is -2.16. The Kier molecular flexibility index (Phi) is 5.39. The van der Waals surface area contributed by atoms with E-state index < -0.39 is 0 Å². The normalized spacial score (nSPS) is 11.7. The summed E-state index contributed by atoms with van der Waals surface area (Å²) in [6.45, 7) is 0. The number of para-hydroxylation sites is 1. The maximum absolute atomic E-state index is 8.57. The largest absolute Gasteiger partial charge is 0.455 e. The van der Waals surface area contributed by atoms with Gasteiger partial charge in [-0.15, -0.1) is 0 Å². The first-order valence-electron chi connectivity index (χ1n) is 11.8. The molecule has 5 aromatic carbocycles. The Hall–Kier alpha value is -4.96. The van der Waals surface area contributed by atoms with E-state index in [4.69, 9.17) is 15.6 Å². The molecule has 0 fully saturated rings. The number of furan rings is 1. The number of aliphatic imine (C=N–C) groups is 1. The van der Waals surface area contributed by atoms with Gasteiger partial charge in [0.2, 0.25) is 0 Å². The number of hydrogen-bond acceptors (Lipinski definition) is 2. The number of nitrogens with one attached hydrogen (secondary N) is 1. The minimum Gasteiger partial charge on any atom is -0.455 e. The van der Waals surface area contributed by atoms with Crippen LogP contribution in [-0.4, -0.2) is 11.7 Å². The molecule has 36 heavy (non-hydrogen) atoms. The number of amidine groups is 2. The molecule has 0 amide bonds. The van der Waals surface area contributed by atoms with Crippen molar-refractivity contribution < 1.29 is 4.42 Å². The van der Waals surface area contributed by atoms with Gasteiger partial charge in [0.15, 0.2) is 5.84 Å². The molecule has 0 bridgehead atoms. The zero-order valence-electron chi connectivity index (χ0n) is 19.5. The van der Waals surface area contributed by atoms with Crippen molar-refractivity contribution in [2.24, 2.45) is 10.7 Å². The molecule has 3 N–H and O–H groups in total. The fraction of sp³-hybridized carbons (Fsp3) is 0. The van der Waals surface area contributed by atoms with Crippen molar-refractivity contribution in [3.63, 3.8) is 0 Å². The molecule has 0 radical (unpaired) electrons. The third kappa shape index (κ3) is 3.85. The van der Waals surface area contributed by atoms with Crippen molar-refractivity contribution in [1.29, 1.82) is 5.41 Å². The highest BCUT2D eigenvalue weighted by Gasteiger charge is 2.16. The summed E-state index contributed by atoms with van der Waals surface area (Å²) in [6.07, 6.45) is 0. The second-order valence-corrected chi connectivity index (χ2v) is 8.62. The summed E-state index contributed by atoms with van der Waals surface area (Å²) < 4.78 is 6.31. The lowest BCUT2D eigenvalue weighted by atomic mass is 10.0. The molecule has 6 aromatic rings. The third-order valence-electron chi connectivity index (χ3n) is 6.38. The Morgan fingerprint density at radius 2 is 1.28 bits per heavy atom. The average Bonchev–Trinajstić information content (AvgIpc) is 3.33. The van der Waals surface area contributed by atoms with Crippen molar-refractivity contribution in [3.8, 4) is 22.3 Å². The second-order valence-electron chi connectivity index (χ2n) is 8.62. The molecule has 4 nitrogen and oxygen atoms in total. The molecular formula is C32H23N3O. The van der Waals surface area contributed by atoms with E-state index in [0.717, 1.165) is 49.8 Å². The molecule has 0 aliphatic carbocycles. The van der Waals surface area contributed by atoms with E-state index in [9.17, 15) is 0 Å². The van der Waals surface area contributed by atoms with Gasteiger partial charge in [0.25, 0.3) is 0 Å². The molecule has 172 valence electrons. The number of nitrogens with zero attached hydrogens (tertiary/aromatic N) is 1. The summed E-state index contributed by atoms with van der Waals surface area (Å²) in [7, 11) is 0. The molecule has 0 saturated carbocycles. The fourth-order valence-corrected chi connectivity index (χ4v) is 4.60. The standard InChI is InChI=1S/C32H23N3O/c33-31(24-19-17-22(18-20-24)21-9-3-1-4-10-21)35-32(34)27-15-8-16-28-29(27)26-14-7-13-25(30(26)36-28)23-11-5-2-6-12-23/h1-20H,(H3,33,34,35). The first-order valence-corrected chi connectivity index (χ1v) is 11.8. The zero-order valence-corrected chi connectivity index (χ0v) is 19.5. The number of rotatable bonds is 4. The highest BCUT2D eigenvalue weighted by Crippen LogP contribution is 2.37. The first kappa shape index (κ1) is 21.6. The van der Waals surface area contributed by atoms with Crippen molar-refractivity contribution >= 4 is 33.6 Å². The van der Waals surface area contributed by atoms with Crippen LogP contribution in [0.15, 0.2) is 131 Å². The fourth-order valence-electron chi connectivity index (χ4n) is 4.60. The molecule has 4 heteroatoms. The van der Waals surface area contributed by atoms with E-state index in [-0.39, 0.29) is 11.7 Å². The summed E-state index contributed by atoms with van der Waals surface area (Å²) in [5.41, 5.74) is 13.8. The summed E-state index contributed by atoms with van der Waals surface area (Å²) in [5, 5.41) is 10.4. The number of hydrogen-bond donors (Lipinski definition) is 2. The number of fused-ring (bicyclic) bond motifs is 3. The molecule has 0 saturated heterocycles. The summed E-state index contributed by atoms with van der Waals surface area (Å²) in [6, 6.07) is 40.0. The van der Waals surface area contributed by atoms with Gasteiger partial charge in [0.1, 0.15) is 17.0 Å². The summed E-state index contributed by atoms with van der Waals surface area (Å²) >= 11 is 0. The lowest BCUT2D eigenvalue weighted by molar-refractivity contribution is 0.670. The van der Waals surface area contributed by atoms with Crippen LogP contribution in [0.5, 0.6) is 0 Å². The average molecular weight is 466 g/mol. The van der Waals surface area contributed by atoms with E-state index in [0.29, 0.717) is 5.56 Å². The van der Waals surface area contributed by atoms with E-state index in [1.807, 2.05) is 91.0 Å². The quantitative estimate of drug-likeness (QED) is 0.207. The molecule has 1 heterocycles. The Morgan fingerprint density at radius 3 is 2.00 bits per heavy atom. The monoisotopic (exact) mass is 465 g/mol. The zero-order chi connectivity index (χ0) is 24.5. The topological polar surface area (TPSA) is 75.4 Å². The molecule has 0 aliphatic rings. The SMILES string of the molecule is N=C(/N=C(\N)c1cccc2oc3c(-c4ccccc4)cccc3c12)c1ccc(-c2ccccc2)cc1. The van der Waals surface area contributed by atoms with Gasteiger partial charge >= 0.3 is 0 Å². The summed E-state index contributed by atoms with van der Waals surface area (Å²) in [4.78, 5) is 4.47. The molecule has 0 aliphatic heterocycles. The highest BCUT2D eigenvalue weighted by atomic mass is 16.3. The summed E-state index contributed by atoms with van der Waals surface area (Å²) in [5.74, 6) is 0.396. The van der Waals surface area contributed by atoms with Crippen LogP contribution in [0.4, 0.5) is 0 Å². The van der Waals surface area contributed by atoms with Gasteiger partial charge in [-0.1, -0.05) is 115 Å². The number of nitrogens with two attached hydrogens (primary N) is 1. The maximum atomic E-state index is 8.57. The Balaban J connectivity index is 1.39. The Labute approximate surface area is 208 Å². The van der Waals surface area contributed by atoms with E-state index in [1.165, 1.54) is 0 Å². The van der Waals surface area contributed by atoms with Gasteiger partial charge in [0.05, 0.1) is 0 Å². The Bertz CT molecular complexity index is 1730. The first-order chi connectivity index (χ1) is 17.7. The number of benzene rings is 5. The molecule has 1 aromatic heterocycles. The molecule has 0 atom stereocenters. The molecule has 0 unspecified atom stereocenters. The van der Waals surface area contributed by atoms with Crippen LogP contribution >= 0.6 is 0 Å². The van der Waals surface area contributed by atoms with Crippen molar-refractivity contribution in [1.82, 2.24) is 0 Å². The predicted molar refractivity (Wildman–Crippen MR) is 149 cm³/mol. The second kappa shape index (κ2) is 9.01. The van der Waals surface area contributed by atoms with Crippen LogP contribution in [-0.2, 0) is 0 Å². The minimum atomic E-state index is 0.113. The van der Waals surface area contributed by atoms with Gasteiger partial charge in [-0.2, -0.15) is 0 Å². The predicted octanol–water partition coefficient (Wildman–Crippen LogP) is 7.65. The molecular weight excluding hydrogens is 442 g/mol. The van der Waals surface area contributed by atoms with Crippen molar-refractivity contribution in [2.75, 3.05) is 0 Å². The lowest BCUT2D eigenvalue weighted by Gasteiger charge is -2.06. The van der Waals surface area contributed by atoms with Gasteiger partial charge in [-0.05, 0) is 22.8 Å². The van der Waals surface area contributed by atoms with Crippen LogP contribution in [0.1, 0.15) is 11.1 Å². The van der Waals surface area contributed by atoms with Crippen LogP contribution in [0.25, 0.3) is 44.2 Å². The van der Waals surface area contributed by atoms with Crippen molar-refractivity contribution in [3.05, 3.63) is 132 Å². The third-order valence-corrected chi connectivity index (χ3v) is 6.38. The molecule has 0 spiro atoms. The van der Waals surface area contributed by atoms with E-state index in [2.05, 4.69) is 35.3 Å². The van der Waals surface area contributed by atoms with E-state index in [1.54, 1.807) is 0 Å². The highest BCUT2D eigenvalue weighted by molar-refractivity contribution is 6.21. The maximum Gasteiger partial charge on any atom is 0.154 e. The van der Waals surface area contributed by atoms with Gasteiger partial charge < -0.3 is 10.2 Å². The van der Waals surface area contributed by atoms with Crippen LogP contribution in [0.2, 0.25) is 0 Å².